The summed E-state index contributed by atoms with van der Waals surface area (Å²) in [6, 6.07) is 0. The summed E-state index contributed by atoms with van der Waals surface area (Å²) in [5.41, 5.74) is 0. The van der Waals surface area contributed by atoms with Gasteiger partial charge in [-0.3, -0.25) is 5.21 Å². The van der Waals surface area contributed by atoms with Crippen LogP contribution in [0.4, 0.5) is 4.79 Å². The molecule has 8 heteroatoms. The third-order valence-corrected chi connectivity index (χ3v) is 1.39. The number of rotatable bonds is 7. The van der Waals surface area contributed by atoms with Crippen LogP contribution < -0.4 is 0 Å². The first-order valence-electron chi connectivity index (χ1n) is 4.74. The summed E-state index contributed by atoms with van der Waals surface area (Å²) in [5.74, 6) is 0. The van der Waals surface area contributed by atoms with Crippen molar-refractivity contribution in [1.82, 2.24) is 10.3 Å². The van der Waals surface area contributed by atoms with Crippen molar-refractivity contribution in [3.8, 4) is 0 Å². The minimum Gasteiger partial charge on any atom is -0.432 e. The molecule has 2 N–H and O–H groups in total. The van der Waals surface area contributed by atoms with Gasteiger partial charge in [-0.1, -0.05) is 0 Å². The number of aliphatic hydroxyl groups excluding tert-OH is 1. The van der Waals surface area contributed by atoms with Gasteiger partial charge in [0.05, 0.1) is 12.7 Å². The predicted octanol–water partition coefficient (Wildman–Crippen LogP) is -0.0326. The lowest BCUT2D eigenvalue weighted by Crippen LogP contribution is -2.39. The first kappa shape index (κ1) is 15.1. The Morgan fingerprint density at radius 1 is 1.44 bits per heavy atom. The third kappa shape index (κ3) is 7.37. The Balaban J connectivity index is 3.61. The number of hydrogen-bond donors (Lipinski definition) is 2. The minimum absolute atomic E-state index is 0.146. The smallest absolute Gasteiger partial charge is 0.432 e. The molecule has 8 nitrogen and oxygen atoms in total. The minimum atomic E-state index is -0.881. The zero-order chi connectivity index (χ0) is 12.6. The van der Waals surface area contributed by atoms with Gasteiger partial charge in [0.25, 0.3) is 0 Å². The van der Waals surface area contributed by atoms with Crippen LogP contribution in [0.5, 0.6) is 0 Å². The molecule has 0 radical (unpaired) electrons. The van der Waals surface area contributed by atoms with E-state index >= 15 is 0 Å². The van der Waals surface area contributed by atoms with Gasteiger partial charge in [0.2, 0.25) is 6.79 Å². The van der Waals surface area contributed by atoms with Gasteiger partial charge in [-0.25, -0.2) is 9.63 Å². The van der Waals surface area contributed by atoms with E-state index < -0.39 is 12.9 Å². The summed E-state index contributed by atoms with van der Waals surface area (Å²) in [4.78, 5) is 15.4. The molecule has 0 aromatic rings. The highest BCUT2D eigenvalue weighted by Crippen LogP contribution is 1.95. The molecule has 0 aliphatic carbocycles. The van der Waals surface area contributed by atoms with E-state index in [9.17, 15) is 4.79 Å². The van der Waals surface area contributed by atoms with Crippen LogP contribution in [0.1, 0.15) is 13.8 Å². The highest BCUT2D eigenvalue weighted by molar-refractivity contribution is 5.59. The number of hydrogen-bond acceptors (Lipinski definition) is 8. The van der Waals surface area contributed by atoms with Crippen molar-refractivity contribution in [3.63, 3.8) is 0 Å². The first-order chi connectivity index (χ1) is 7.47. The Hall–Kier alpha value is -0.930. The summed E-state index contributed by atoms with van der Waals surface area (Å²) in [6.45, 7) is 2.89. The molecule has 0 rings (SSSR count). The lowest BCUT2D eigenvalue weighted by atomic mass is 10.5. The predicted molar refractivity (Wildman–Crippen MR) is 52.0 cm³/mol. The zero-order valence-corrected chi connectivity index (χ0v) is 9.62. The maximum absolute atomic E-state index is 10.9. The molecule has 0 amide bonds. The Labute approximate surface area is 93.8 Å². The van der Waals surface area contributed by atoms with Crippen LogP contribution in [0.3, 0.4) is 0 Å². The molecule has 0 saturated heterocycles. The van der Waals surface area contributed by atoms with E-state index in [1.165, 1.54) is 12.1 Å². The highest BCUT2D eigenvalue weighted by atomic mass is 17.0. The van der Waals surface area contributed by atoms with E-state index in [2.05, 4.69) is 14.3 Å². The molecule has 0 aromatic heterocycles. The molecule has 0 bridgehead atoms. The van der Waals surface area contributed by atoms with Crippen molar-refractivity contribution in [3.05, 3.63) is 0 Å². The van der Waals surface area contributed by atoms with Gasteiger partial charge in [-0.05, 0) is 13.8 Å². The van der Waals surface area contributed by atoms with Crippen LogP contribution in [0.15, 0.2) is 0 Å². The normalized spacial score (nSPS) is 11.2. The van der Waals surface area contributed by atoms with Gasteiger partial charge in [0.1, 0.15) is 0 Å². The summed E-state index contributed by atoms with van der Waals surface area (Å²) in [6.07, 6.45) is -1.16. The van der Waals surface area contributed by atoms with E-state index in [1.807, 2.05) is 0 Å². The number of aliphatic hydroxyl groups is 1. The van der Waals surface area contributed by atoms with Gasteiger partial charge in [-0.15, -0.1) is 0 Å². The number of likely N-dealkylation sites (N-methyl/N-ethyl adjacent to an activating group) is 1. The number of carbonyl (C=O) groups excluding carboxylic acids is 1. The molecule has 0 fully saturated rings. The molecule has 0 aliphatic rings. The van der Waals surface area contributed by atoms with Gasteiger partial charge in [0, 0.05) is 18.9 Å². The molecule has 0 unspecified atom stereocenters. The third-order valence-electron chi connectivity index (χ3n) is 1.39. The average molecular weight is 238 g/mol. The van der Waals surface area contributed by atoms with E-state index in [1.54, 1.807) is 13.8 Å². The molecule has 0 atom stereocenters. The van der Waals surface area contributed by atoms with Gasteiger partial charge < -0.3 is 14.6 Å². The quantitative estimate of drug-likeness (QED) is 0.363. The monoisotopic (exact) mass is 238 g/mol. The van der Waals surface area contributed by atoms with E-state index in [0.717, 1.165) is 0 Å². The lowest BCUT2D eigenvalue weighted by molar-refractivity contribution is -0.450. The molecule has 0 aromatic carbocycles. The van der Waals surface area contributed by atoms with Gasteiger partial charge in [-0.2, -0.15) is 5.01 Å². The highest BCUT2D eigenvalue weighted by Gasteiger charge is 2.11. The fraction of sp³-hybridized carbons (Fsp3) is 0.875. The van der Waals surface area contributed by atoms with Crippen LogP contribution in [0, 0.1) is 0 Å². The van der Waals surface area contributed by atoms with Crippen molar-refractivity contribution < 1.29 is 29.4 Å². The molecular weight excluding hydrogens is 220 g/mol. The maximum Gasteiger partial charge on any atom is 0.510 e. The van der Waals surface area contributed by atoms with Crippen molar-refractivity contribution in [1.29, 1.82) is 0 Å². The summed E-state index contributed by atoms with van der Waals surface area (Å²) in [5, 5.41) is 19.2. The number of nitrogens with zero attached hydrogens (tertiary/aromatic N) is 2. The molecule has 0 spiro atoms. The van der Waals surface area contributed by atoms with E-state index in [-0.39, 0.29) is 19.3 Å². The number of ether oxygens (including phenoxy) is 2. The Morgan fingerprint density at radius 3 is 2.56 bits per heavy atom. The Morgan fingerprint density at radius 2 is 2.06 bits per heavy atom. The fourth-order valence-electron chi connectivity index (χ4n) is 0.677. The summed E-state index contributed by atoms with van der Waals surface area (Å²) >= 11 is 0. The summed E-state index contributed by atoms with van der Waals surface area (Å²) in [7, 11) is 1.47. The van der Waals surface area contributed by atoms with Crippen molar-refractivity contribution in [2.24, 2.45) is 0 Å². The second-order valence-corrected chi connectivity index (χ2v) is 3.17. The largest absolute Gasteiger partial charge is 0.510 e. The second-order valence-electron chi connectivity index (χ2n) is 3.17. The van der Waals surface area contributed by atoms with E-state index in [0.29, 0.717) is 5.34 Å². The molecule has 96 valence electrons. The zero-order valence-electron chi connectivity index (χ0n) is 9.62. The number of hydrazine groups is 1. The van der Waals surface area contributed by atoms with Gasteiger partial charge in [0.15, 0.2) is 0 Å². The standard InChI is InChI=1S/C8H18N2O6/c1-7(2)16-8(12)14-6-15-10(13)9(3)4-5-11/h7,11,13H,4-6H2,1-3H3. The molecule has 0 aliphatic heterocycles. The molecule has 16 heavy (non-hydrogen) atoms. The molecule has 0 heterocycles. The van der Waals surface area contributed by atoms with Crippen molar-refractivity contribution in [2.45, 2.75) is 20.0 Å². The summed E-state index contributed by atoms with van der Waals surface area (Å²) < 4.78 is 9.12. The fourth-order valence-corrected chi connectivity index (χ4v) is 0.677. The van der Waals surface area contributed by atoms with Crippen molar-refractivity contribution >= 4 is 6.16 Å². The lowest BCUT2D eigenvalue weighted by Gasteiger charge is -2.23. The van der Waals surface area contributed by atoms with Crippen LogP contribution in [-0.4, -0.2) is 59.9 Å². The maximum atomic E-state index is 10.9. The van der Waals surface area contributed by atoms with Crippen LogP contribution in [0.2, 0.25) is 0 Å². The SMILES string of the molecule is CC(C)OC(=O)OCON(O)N(C)CCO. The first-order valence-corrected chi connectivity index (χ1v) is 4.74. The van der Waals surface area contributed by atoms with Crippen LogP contribution in [0.25, 0.3) is 0 Å². The second kappa shape index (κ2) is 8.25. The topological polar surface area (TPSA) is 91.7 Å². The Bertz CT molecular complexity index is 201. The van der Waals surface area contributed by atoms with Crippen LogP contribution >= 0.6 is 0 Å². The Kier molecular flexibility index (Phi) is 7.77. The van der Waals surface area contributed by atoms with Crippen molar-refractivity contribution in [2.75, 3.05) is 27.0 Å². The average Bonchev–Trinajstić information content (AvgIpc) is 2.16. The van der Waals surface area contributed by atoms with E-state index in [4.69, 9.17) is 10.3 Å². The van der Waals surface area contributed by atoms with Gasteiger partial charge >= 0.3 is 6.16 Å². The molecule has 0 saturated carbocycles. The van der Waals surface area contributed by atoms with Crippen LogP contribution in [-0.2, 0) is 14.3 Å². The molecular formula is C8H18N2O6. The number of carbonyl (C=O) groups is 1.